The number of methoxy groups -OCH3 is 1. The van der Waals surface area contributed by atoms with Crippen molar-refractivity contribution < 1.29 is 22.7 Å². The average Bonchev–Trinajstić information content (AvgIpc) is 3.52. The summed E-state index contributed by atoms with van der Waals surface area (Å²) in [6.07, 6.45) is 1.47. The number of halogens is 4. The largest absolute Gasteiger partial charge is 0.496 e. The lowest BCUT2D eigenvalue weighted by atomic mass is 9.96. The molecule has 2 aromatic heterocycles. The minimum absolute atomic E-state index is 0.0123. The summed E-state index contributed by atoms with van der Waals surface area (Å²) < 4.78 is 51.2. The molecule has 0 bridgehead atoms. The van der Waals surface area contributed by atoms with Crippen molar-refractivity contribution in [2.24, 2.45) is 7.05 Å². The molecular formula is C29H22ClF3N6O4. The fourth-order valence-electron chi connectivity index (χ4n) is 5.39. The lowest BCUT2D eigenvalue weighted by Crippen LogP contribution is -2.41. The zero-order chi connectivity index (χ0) is 30.7. The van der Waals surface area contributed by atoms with Crippen molar-refractivity contribution >= 4 is 34.1 Å². The van der Waals surface area contributed by atoms with E-state index in [4.69, 9.17) is 16.3 Å². The molecule has 6 rings (SSSR count). The highest BCUT2D eigenvalue weighted by molar-refractivity contribution is 6.34. The molecule has 0 radical (unpaired) electrons. The van der Waals surface area contributed by atoms with Crippen LogP contribution in [0.2, 0.25) is 5.02 Å². The van der Waals surface area contributed by atoms with Gasteiger partial charge in [0.2, 0.25) is 5.91 Å². The highest BCUT2D eigenvalue weighted by atomic mass is 35.5. The molecule has 220 valence electrons. The van der Waals surface area contributed by atoms with Crippen LogP contribution in [0, 0.1) is 17.5 Å². The molecule has 43 heavy (non-hydrogen) atoms. The van der Waals surface area contributed by atoms with Crippen molar-refractivity contribution in [2.45, 2.75) is 19.5 Å². The van der Waals surface area contributed by atoms with Crippen LogP contribution in [0.3, 0.4) is 0 Å². The summed E-state index contributed by atoms with van der Waals surface area (Å²) >= 11 is 6.64. The minimum Gasteiger partial charge on any atom is -0.496 e. The van der Waals surface area contributed by atoms with Crippen molar-refractivity contribution in [2.75, 3.05) is 19.1 Å². The molecule has 0 N–H and O–H groups in total. The number of hydrogen-bond acceptors (Lipinski definition) is 6. The predicted molar refractivity (Wildman–Crippen MR) is 152 cm³/mol. The number of amides is 1. The summed E-state index contributed by atoms with van der Waals surface area (Å²) in [4.78, 5) is 45.9. The lowest BCUT2D eigenvalue weighted by Gasteiger charge is -2.19. The van der Waals surface area contributed by atoms with E-state index >= 15 is 0 Å². The van der Waals surface area contributed by atoms with E-state index in [0.29, 0.717) is 27.4 Å². The van der Waals surface area contributed by atoms with Crippen molar-refractivity contribution in [1.29, 1.82) is 0 Å². The third-order valence-electron chi connectivity index (χ3n) is 7.43. The Balaban J connectivity index is 1.66. The Kier molecular flexibility index (Phi) is 6.84. The second-order valence-corrected chi connectivity index (χ2v) is 10.5. The molecule has 0 saturated carbocycles. The molecule has 0 aliphatic carbocycles. The molecule has 3 heterocycles. The molecule has 0 unspecified atom stereocenters. The molecule has 0 atom stereocenters. The highest BCUT2D eigenvalue weighted by Gasteiger charge is 2.29. The number of carbonyl (C=O) groups is 1. The predicted octanol–water partition coefficient (Wildman–Crippen LogP) is 3.65. The third kappa shape index (κ3) is 4.65. The standard InChI is InChI=1S/C29H22ClF3N6O4/c1-36-13-34-23(35-36)12-39-28(41)26-21(38(29(39)42)11-14-6-18(31)27(33)19(32)7-14)8-15(9-22(26)43-3)25-16-10-24(40)37(2)20(16)5-4-17(25)30/h4-9,13H,10-12H2,1-3H3. The van der Waals surface area contributed by atoms with Crippen LogP contribution in [0.1, 0.15) is 17.0 Å². The van der Waals surface area contributed by atoms with E-state index in [1.165, 1.54) is 29.1 Å². The van der Waals surface area contributed by atoms with Gasteiger partial charge in [0.25, 0.3) is 5.56 Å². The average molecular weight is 611 g/mol. The Labute approximate surface area is 246 Å². The van der Waals surface area contributed by atoms with E-state index in [1.54, 1.807) is 32.3 Å². The maximum Gasteiger partial charge on any atom is 0.332 e. The molecule has 0 saturated heterocycles. The summed E-state index contributed by atoms with van der Waals surface area (Å²) in [6.45, 7) is -0.744. The summed E-state index contributed by atoms with van der Waals surface area (Å²) in [5, 5.41) is 4.45. The number of anilines is 1. The molecule has 0 fully saturated rings. The second-order valence-electron chi connectivity index (χ2n) is 10.1. The van der Waals surface area contributed by atoms with Crippen LogP contribution in [0.4, 0.5) is 18.9 Å². The molecule has 1 amide bonds. The Morgan fingerprint density at radius 3 is 2.35 bits per heavy atom. The van der Waals surface area contributed by atoms with Gasteiger partial charge in [0.1, 0.15) is 17.5 Å². The van der Waals surface area contributed by atoms with Gasteiger partial charge in [-0.2, -0.15) is 5.10 Å². The van der Waals surface area contributed by atoms with Gasteiger partial charge in [0, 0.05) is 30.4 Å². The summed E-state index contributed by atoms with van der Waals surface area (Å²) in [5.41, 5.74) is 0.655. The van der Waals surface area contributed by atoms with E-state index in [9.17, 15) is 27.6 Å². The first-order valence-electron chi connectivity index (χ1n) is 12.9. The van der Waals surface area contributed by atoms with Crippen molar-refractivity contribution in [3.63, 3.8) is 0 Å². The van der Waals surface area contributed by atoms with Gasteiger partial charge < -0.3 is 9.64 Å². The van der Waals surface area contributed by atoms with Gasteiger partial charge in [0.05, 0.1) is 32.1 Å². The Hall–Kier alpha value is -4.91. The number of aromatic nitrogens is 5. The number of aryl methyl sites for hydroxylation is 1. The zero-order valence-electron chi connectivity index (χ0n) is 23.0. The van der Waals surface area contributed by atoms with E-state index in [1.807, 2.05) is 0 Å². The normalized spacial score (nSPS) is 12.8. The van der Waals surface area contributed by atoms with Crippen molar-refractivity contribution in [3.8, 4) is 16.9 Å². The van der Waals surface area contributed by atoms with Gasteiger partial charge in [-0.3, -0.25) is 23.4 Å². The van der Waals surface area contributed by atoms with Gasteiger partial charge >= 0.3 is 5.69 Å². The molecule has 3 aromatic carbocycles. The third-order valence-corrected chi connectivity index (χ3v) is 7.75. The Bertz CT molecular complexity index is 2080. The minimum atomic E-state index is -1.65. The summed E-state index contributed by atoms with van der Waals surface area (Å²) in [5.74, 6) is -4.41. The van der Waals surface area contributed by atoms with Crippen molar-refractivity contribution in [3.05, 3.63) is 103 Å². The van der Waals surface area contributed by atoms with E-state index in [0.717, 1.165) is 21.3 Å². The number of rotatable bonds is 6. The zero-order valence-corrected chi connectivity index (χ0v) is 23.7. The number of ether oxygens (including phenoxy) is 1. The number of benzene rings is 3. The molecule has 14 heteroatoms. The maximum atomic E-state index is 14.2. The fourth-order valence-corrected chi connectivity index (χ4v) is 5.68. The molecule has 0 spiro atoms. The van der Waals surface area contributed by atoms with Crippen LogP contribution in [0.25, 0.3) is 22.0 Å². The van der Waals surface area contributed by atoms with E-state index < -0.39 is 35.2 Å². The molecular weight excluding hydrogens is 589 g/mol. The van der Waals surface area contributed by atoms with Gasteiger partial charge in [0.15, 0.2) is 23.3 Å². The lowest BCUT2D eigenvalue weighted by molar-refractivity contribution is -0.117. The Morgan fingerprint density at radius 1 is 0.977 bits per heavy atom. The summed E-state index contributed by atoms with van der Waals surface area (Å²) in [7, 11) is 4.61. The van der Waals surface area contributed by atoms with Gasteiger partial charge in [-0.05, 0) is 53.1 Å². The quantitative estimate of drug-likeness (QED) is 0.272. The number of nitrogens with zero attached hydrogens (tertiary/aromatic N) is 6. The first-order chi connectivity index (χ1) is 20.5. The van der Waals surface area contributed by atoms with Crippen LogP contribution in [-0.4, -0.2) is 44.0 Å². The van der Waals surface area contributed by atoms with Crippen molar-refractivity contribution in [1.82, 2.24) is 23.9 Å². The number of fused-ring (bicyclic) bond motifs is 2. The molecule has 10 nitrogen and oxygen atoms in total. The number of carbonyl (C=O) groups excluding carboxylic acids is 1. The maximum absolute atomic E-state index is 14.2. The molecule has 5 aromatic rings. The second kappa shape index (κ2) is 10.4. The first kappa shape index (κ1) is 28.2. The number of likely N-dealkylation sites (N-methyl/N-ethyl adjacent to an activating group) is 1. The van der Waals surface area contributed by atoms with E-state index in [2.05, 4.69) is 10.1 Å². The van der Waals surface area contributed by atoms with Crippen LogP contribution in [0.15, 0.2) is 52.3 Å². The van der Waals surface area contributed by atoms with Crippen LogP contribution >= 0.6 is 11.6 Å². The molecule has 1 aliphatic rings. The van der Waals surface area contributed by atoms with Gasteiger partial charge in [-0.25, -0.2) is 22.9 Å². The first-order valence-corrected chi connectivity index (χ1v) is 13.3. The SMILES string of the molecule is COc1cc(-c2c(Cl)ccc3c2CC(=O)N3C)cc2c1c(=O)n(Cc1ncn(C)n1)c(=O)n2Cc1cc(F)c(F)c(F)c1. The smallest absolute Gasteiger partial charge is 0.332 e. The van der Waals surface area contributed by atoms with E-state index in [-0.39, 0.29) is 46.9 Å². The fraction of sp³-hybridized carbons (Fsp3) is 0.207. The summed E-state index contributed by atoms with van der Waals surface area (Å²) in [6, 6.07) is 8.01. The van der Waals surface area contributed by atoms with Gasteiger partial charge in [-0.15, -0.1) is 0 Å². The highest BCUT2D eigenvalue weighted by Crippen LogP contribution is 2.42. The van der Waals surface area contributed by atoms with Gasteiger partial charge in [-0.1, -0.05) is 11.6 Å². The topological polar surface area (TPSA) is 104 Å². The monoisotopic (exact) mass is 610 g/mol. The van der Waals surface area contributed by atoms with Crippen LogP contribution in [0.5, 0.6) is 5.75 Å². The van der Waals surface area contributed by atoms with Crippen LogP contribution < -0.4 is 20.9 Å². The van der Waals surface area contributed by atoms with Crippen LogP contribution in [-0.2, 0) is 31.4 Å². The Morgan fingerprint density at radius 2 is 1.70 bits per heavy atom. The number of hydrogen-bond donors (Lipinski definition) is 0. The molecule has 1 aliphatic heterocycles.